The zero-order chi connectivity index (χ0) is 26.3. The molecule has 1 heterocycles. The number of rotatable bonds is 11. The summed E-state index contributed by atoms with van der Waals surface area (Å²) >= 11 is 1.63. The van der Waals surface area contributed by atoms with Crippen molar-refractivity contribution in [1.29, 1.82) is 0 Å². The first kappa shape index (κ1) is 27.6. The van der Waals surface area contributed by atoms with Crippen LogP contribution in [0.5, 0.6) is 0 Å². The molecule has 0 aliphatic rings. The number of anilines is 1. The largest absolute Gasteiger partial charge is 0.332 e. The molecule has 0 atom stereocenters. The van der Waals surface area contributed by atoms with Crippen molar-refractivity contribution in [3.05, 3.63) is 82.0 Å². The van der Waals surface area contributed by atoms with E-state index in [1.54, 1.807) is 28.4 Å². The van der Waals surface area contributed by atoms with Crippen LogP contribution in [0.3, 0.4) is 0 Å². The molecule has 0 unspecified atom stereocenters. The number of hydrogen-bond donors (Lipinski definition) is 1. The summed E-state index contributed by atoms with van der Waals surface area (Å²) in [5, 5.41) is 2.63. The van der Waals surface area contributed by atoms with Crippen molar-refractivity contribution in [2.24, 2.45) is 5.92 Å². The van der Waals surface area contributed by atoms with Crippen LogP contribution in [0, 0.1) is 12.8 Å². The molecule has 0 radical (unpaired) electrons. The topological polar surface area (TPSA) is 86.8 Å². The number of aryl methyl sites for hydroxylation is 1. The van der Waals surface area contributed by atoms with Gasteiger partial charge in [-0.15, -0.1) is 11.3 Å². The number of thiophene rings is 1. The number of amides is 2. The maximum Gasteiger partial charge on any atom is 0.243 e. The molecule has 0 fully saturated rings. The van der Waals surface area contributed by atoms with E-state index in [4.69, 9.17) is 0 Å². The molecule has 0 aliphatic heterocycles. The van der Waals surface area contributed by atoms with E-state index in [2.05, 4.69) is 5.32 Å². The van der Waals surface area contributed by atoms with Crippen LogP contribution in [-0.4, -0.2) is 42.5 Å². The minimum absolute atomic E-state index is 0.0220. The number of sulfonamides is 1. The molecule has 0 saturated carbocycles. The highest BCUT2D eigenvalue weighted by molar-refractivity contribution is 7.89. The highest BCUT2D eigenvalue weighted by atomic mass is 32.2. The van der Waals surface area contributed by atoms with E-state index in [-0.39, 0.29) is 35.7 Å². The standard InChI is InChI=1S/C27H33N3O4S2/c1-20(2)16-30(36(33,34)26-14-11-24(12-15-26)28-22(4)31)19-27(32)29(17-23-8-6-5-7-9-23)18-25-13-10-21(3)35-25/h5-15,20H,16-19H2,1-4H3,(H,28,31). The van der Waals surface area contributed by atoms with Crippen LogP contribution in [0.1, 0.15) is 36.1 Å². The van der Waals surface area contributed by atoms with Gasteiger partial charge in [-0.25, -0.2) is 8.42 Å². The third-order valence-electron chi connectivity index (χ3n) is 5.40. The zero-order valence-electron chi connectivity index (χ0n) is 21.1. The molecule has 2 amide bonds. The molecule has 7 nitrogen and oxygen atoms in total. The average Bonchev–Trinajstić information content (AvgIpc) is 3.23. The van der Waals surface area contributed by atoms with Crippen molar-refractivity contribution < 1.29 is 18.0 Å². The zero-order valence-corrected chi connectivity index (χ0v) is 22.7. The van der Waals surface area contributed by atoms with Gasteiger partial charge in [0.05, 0.1) is 18.0 Å². The van der Waals surface area contributed by atoms with E-state index in [1.807, 2.05) is 63.2 Å². The molecule has 3 rings (SSSR count). The molecule has 0 aliphatic carbocycles. The highest BCUT2D eigenvalue weighted by Crippen LogP contribution is 2.22. The van der Waals surface area contributed by atoms with Gasteiger partial charge in [0, 0.05) is 35.5 Å². The Morgan fingerprint density at radius 3 is 2.17 bits per heavy atom. The molecule has 2 aromatic carbocycles. The molecule has 0 saturated heterocycles. The first-order valence-electron chi connectivity index (χ1n) is 11.8. The minimum Gasteiger partial charge on any atom is -0.332 e. The van der Waals surface area contributed by atoms with E-state index in [9.17, 15) is 18.0 Å². The molecule has 9 heteroatoms. The fourth-order valence-electron chi connectivity index (χ4n) is 3.76. The van der Waals surface area contributed by atoms with Crippen molar-refractivity contribution in [2.75, 3.05) is 18.4 Å². The fraction of sp³-hybridized carbons (Fsp3) is 0.333. The van der Waals surface area contributed by atoms with Crippen molar-refractivity contribution in [3.8, 4) is 0 Å². The van der Waals surface area contributed by atoms with Crippen LogP contribution in [0.25, 0.3) is 0 Å². The molecular weight excluding hydrogens is 494 g/mol. The Labute approximate surface area is 217 Å². The lowest BCUT2D eigenvalue weighted by Gasteiger charge is -2.28. The second-order valence-corrected chi connectivity index (χ2v) is 12.5. The van der Waals surface area contributed by atoms with E-state index in [0.717, 1.165) is 15.3 Å². The van der Waals surface area contributed by atoms with Crippen LogP contribution in [-0.2, 0) is 32.7 Å². The summed E-state index contributed by atoms with van der Waals surface area (Å²) in [6.45, 7) is 7.99. The lowest BCUT2D eigenvalue weighted by Crippen LogP contribution is -2.43. The van der Waals surface area contributed by atoms with E-state index >= 15 is 0 Å². The van der Waals surface area contributed by atoms with Gasteiger partial charge in [-0.1, -0.05) is 44.2 Å². The Morgan fingerprint density at radius 2 is 1.61 bits per heavy atom. The number of carbonyl (C=O) groups excluding carboxylic acids is 2. The van der Waals surface area contributed by atoms with Gasteiger partial charge in [0.25, 0.3) is 0 Å². The molecule has 192 valence electrons. The minimum atomic E-state index is -3.94. The Morgan fingerprint density at radius 1 is 0.944 bits per heavy atom. The second kappa shape index (κ2) is 12.3. The summed E-state index contributed by atoms with van der Waals surface area (Å²) in [4.78, 5) is 28.9. The molecule has 1 aromatic heterocycles. The van der Waals surface area contributed by atoms with E-state index < -0.39 is 10.0 Å². The molecular formula is C27H33N3O4S2. The molecule has 0 bridgehead atoms. The summed E-state index contributed by atoms with van der Waals surface area (Å²) < 4.78 is 28.4. The van der Waals surface area contributed by atoms with Gasteiger partial charge in [0.1, 0.15) is 0 Å². The SMILES string of the molecule is CC(=O)Nc1ccc(S(=O)(=O)N(CC(=O)N(Cc2ccccc2)Cc2ccc(C)s2)CC(C)C)cc1. The van der Waals surface area contributed by atoms with Gasteiger partial charge in [0.15, 0.2) is 0 Å². The summed E-state index contributed by atoms with van der Waals surface area (Å²) in [5.41, 5.74) is 1.49. The van der Waals surface area contributed by atoms with Crippen molar-refractivity contribution in [1.82, 2.24) is 9.21 Å². The molecule has 0 spiro atoms. The Kier molecular flexibility index (Phi) is 9.42. The number of carbonyl (C=O) groups is 2. The van der Waals surface area contributed by atoms with Gasteiger partial charge in [-0.05, 0) is 54.8 Å². The monoisotopic (exact) mass is 527 g/mol. The Bertz CT molecular complexity index is 1270. The normalized spacial score (nSPS) is 11.6. The third kappa shape index (κ3) is 7.74. The van der Waals surface area contributed by atoms with Gasteiger partial charge in [-0.2, -0.15) is 4.31 Å². The van der Waals surface area contributed by atoms with Gasteiger partial charge in [0.2, 0.25) is 21.8 Å². The highest BCUT2D eigenvalue weighted by Gasteiger charge is 2.29. The predicted octanol–water partition coefficient (Wildman–Crippen LogP) is 4.89. The van der Waals surface area contributed by atoms with Crippen LogP contribution in [0.2, 0.25) is 0 Å². The predicted molar refractivity (Wildman–Crippen MR) is 144 cm³/mol. The first-order valence-corrected chi connectivity index (χ1v) is 14.0. The summed E-state index contributed by atoms with van der Waals surface area (Å²) in [5.74, 6) is -0.477. The van der Waals surface area contributed by atoms with Crippen molar-refractivity contribution in [2.45, 2.75) is 45.7 Å². The smallest absolute Gasteiger partial charge is 0.243 e. The number of hydrogen-bond acceptors (Lipinski definition) is 5. The van der Waals surface area contributed by atoms with Crippen LogP contribution in [0.15, 0.2) is 71.6 Å². The lowest BCUT2D eigenvalue weighted by molar-refractivity contribution is -0.132. The van der Waals surface area contributed by atoms with Crippen LogP contribution >= 0.6 is 11.3 Å². The summed E-state index contributed by atoms with van der Waals surface area (Å²) in [6, 6.07) is 19.7. The number of benzene rings is 2. The second-order valence-electron chi connectivity index (χ2n) is 9.14. The first-order chi connectivity index (χ1) is 17.0. The fourth-order valence-corrected chi connectivity index (χ4v) is 6.22. The summed E-state index contributed by atoms with van der Waals surface area (Å²) in [6.07, 6.45) is 0. The maximum absolute atomic E-state index is 13.6. The van der Waals surface area contributed by atoms with Gasteiger partial charge >= 0.3 is 0 Å². The molecule has 1 N–H and O–H groups in total. The lowest BCUT2D eigenvalue weighted by atomic mass is 10.2. The quantitative estimate of drug-likeness (QED) is 0.385. The average molecular weight is 528 g/mol. The third-order valence-corrected chi connectivity index (χ3v) is 8.22. The van der Waals surface area contributed by atoms with Gasteiger partial charge in [-0.3, -0.25) is 9.59 Å². The molecule has 36 heavy (non-hydrogen) atoms. The summed E-state index contributed by atoms with van der Waals surface area (Å²) in [7, 11) is -3.94. The van der Waals surface area contributed by atoms with Crippen LogP contribution in [0.4, 0.5) is 5.69 Å². The maximum atomic E-state index is 13.6. The van der Waals surface area contributed by atoms with Crippen molar-refractivity contribution >= 4 is 38.9 Å². The van der Waals surface area contributed by atoms with Gasteiger partial charge < -0.3 is 10.2 Å². The van der Waals surface area contributed by atoms with E-state index in [0.29, 0.717) is 18.8 Å². The number of nitrogens with one attached hydrogen (secondary N) is 1. The Balaban J connectivity index is 1.86. The molecule has 3 aromatic rings. The van der Waals surface area contributed by atoms with Crippen molar-refractivity contribution in [3.63, 3.8) is 0 Å². The number of nitrogens with zero attached hydrogens (tertiary/aromatic N) is 2. The Hall–Kier alpha value is -3.01. The van der Waals surface area contributed by atoms with E-state index in [1.165, 1.54) is 23.4 Å². The van der Waals surface area contributed by atoms with Crippen LogP contribution < -0.4 is 5.32 Å².